The van der Waals surface area contributed by atoms with E-state index in [4.69, 9.17) is 0 Å². The molecule has 0 amide bonds. The fourth-order valence-corrected chi connectivity index (χ4v) is 3.40. The Morgan fingerprint density at radius 3 is 0.675 bits per heavy atom. The zero-order valence-electron chi connectivity index (χ0n) is 19.0. The van der Waals surface area contributed by atoms with Crippen LogP contribution in [0.15, 0.2) is 0 Å². The Balaban J connectivity index is 5.60. The molecule has 0 aromatic rings. The minimum absolute atomic E-state index is 0.648. The Morgan fingerprint density at radius 2 is 0.475 bits per heavy atom. The Kier molecular flexibility index (Phi) is 11.5. The summed E-state index contributed by atoms with van der Waals surface area (Å²) < 4.78 is 277. The lowest BCUT2D eigenvalue weighted by molar-refractivity contribution is -0.398. The Labute approximate surface area is 224 Å². The monoisotopic (exact) mass is 758 g/mol. The van der Waals surface area contributed by atoms with Crippen LogP contribution in [0.2, 0.25) is 0 Å². The third kappa shape index (κ3) is 8.00. The molecule has 0 rings (SSSR count). The fraction of sp³-hybridized carbons (Fsp3) is 1.00. The van der Waals surface area contributed by atoms with Gasteiger partial charge in [-0.1, -0.05) is 22.6 Å². The van der Waals surface area contributed by atoms with Crippen molar-refractivity contribution >= 4 is 22.6 Å². The van der Waals surface area contributed by atoms with Crippen molar-refractivity contribution in [2.24, 2.45) is 0 Å². The molecule has 0 bridgehead atoms. The molecule has 0 aliphatic heterocycles. The quantitative estimate of drug-likeness (QED) is 0.0836. The molecule has 0 saturated heterocycles. The maximum Gasteiger partial charge on any atom is 0.460 e. The highest BCUT2D eigenvalue weighted by Gasteiger charge is 2.81. The van der Waals surface area contributed by atoms with Gasteiger partial charge in [-0.25, -0.2) is 0 Å². The van der Waals surface area contributed by atoms with Gasteiger partial charge in [-0.3, -0.25) is 0 Å². The van der Waals surface area contributed by atoms with Crippen molar-refractivity contribution in [1.82, 2.24) is 0 Å². The predicted molar refractivity (Wildman–Crippen MR) is 102 cm³/mol. The first-order valence-electron chi connectivity index (χ1n) is 10.2. The van der Waals surface area contributed by atoms with Crippen LogP contribution < -0.4 is 0 Å². The summed E-state index contributed by atoms with van der Waals surface area (Å²) in [7, 11) is 0. The van der Waals surface area contributed by atoms with Crippen LogP contribution in [0.3, 0.4) is 0 Å². The smallest absolute Gasteiger partial charge is 0.200 e. The van der Waals surface area contributed by atoms with E-state index in [2.05, 4.69) is 0 Å². The first kappa shape index (κ1) is 39.3. The van der Waals surface area contributed by atoms with Gasteiger partial charge in [0.1, 0.15) is 0 Å². The molecule has 0 N–H and O–H groups in total. The van der Waals surface area contributed by atoms with E-state index in [-0.39, 0.29) is 0 Å². The van der Waals surface area contributed by atoms with E-state index < -0.39 is 109 Å². The van der Waals surface area contributed by atoms with Crippen molar-refractivity contribution in [2.75, 3.05) is 4.43 Å². The van der Waals surface area contributed by atoms with Crippen molar-refractivity contribution in [3.63, 3.8) is 0 Å². The van der Waals surface area contributed by atoms with E-state index in [0.717, 1.165) is 0 Å². The lowest BCUT2D eigenvalue weighted by atomic mass is 9.92. The first-order valence-corrected chi connectivity index (χ1v) is 11.7. The second-order valence-corrected chi connectivity index (χ2v) is 9.60. The minimum Gasteiger partial charge on any atom is -0.200 e. The van der Waals surface area contributed by atoms with Crippen molar-refractivity contribution in [3.8, 4) is 0 Å². The van der Waals surface area contributed by atoms with Gasteiger partial charge < -0.3 is 0 Å². The Bertz CT molecular complexity index is 828. The van der Waals surface area contributed by atoms with E-state index in [1.165, 1.54) is 22.6 Å². The number of hydrogen-bond donors (Lipinski definition) is 0. The van der Waals surface area contributed by atoms with Gasteiger partial charge in [-0.2, -0.15) is 92.2 Å². The van der Waals surface area contributed by atoms with Gasteiger partial charge in [-0.15, -0.1) is 0 Å². The zero-order chi connectivity index (χ0) is 32.7. The highest BCUT2D eigenvalue weighted by Crippen LogP contribution is 2.56. The number of hydrogen-bond acceptors (Lipinski definition) is 0. The van der Waals surface area contributed by atoms with Crippen LogP contribution in [0.25, 0.3) is 0 Å². The molecule has 0 radical (unpaired) electrons. The summed E-state index contributed by atoms with van der Waals surface area (Å²) in [5, 5.41) is 0. The number of alkyl halides is 22. The molecule has 0 fully saturated rings. The Hall–Kier alpha value is -0.740. The van der Waals surface area contributed by atoms with Crippen LogP contribution in [0.4, 0.5) is 92.2 Å². The summed E-state index contributed by atoms with van der Waals surface area (Å²) >= 11 is 1.18. The summed E-state index contributed by atoms with van der Waals surface area (Å²) in [5.74, 6) is -56.1. The van der Waals surface area contributed by atoms with E-state index in [1.54, 1.807) is 0 Å². The van der Waals surface area contributed by atoms with Gasteiger partial charge >= 0.3 is 59.5 Å². The molecule has 0 aromatic heterocycles. The molecule has 0 nitrogen and oxygen atoms in total. The molecule has 0 aliphatic rings. The summed E-state index contributed by atoms with van der Waals surface area (Å²) in [5.41, 5.74) is 0. The SMILES string of the molecule is FC(F)(F)C(F)(F)C(F)(F)C(F)(F)CCC(F)(F)C(F)(F)CCC(F)(F)C(F)(F)CCC(F)(F)C(F)(F)CCI. The highest BCUT2D eigenvalue weighted by molar-refractivity contribution is 14.1. The van der Waals surface area contributed by atoms with Crippen LogP contribution in [0, 0.1) is 0 Å². The van der Waals surface area contributed by atoms with Gasteiger partial charge in [0.05, 0.1) is 0 Å². The van der Waals surface area contributed by atoms with Crippen LogP contribution in [0.5, 0.6) is 0 Å². The summed E-state index contributed by atoms with van der Waals surface area (Å²) in [6, 6.07) is 0. The molecule has 0 atom stereocenters. The number of halogens is 22. The first-order chi connectivity index (χ1) is 17.2. The second-order valence-electron chi connectivity index (χ2n) is 8.52. The molecule has 0 aliphatic carbocycles. The van der Waals surface area contributed by atoms with Gasteiger partial charge in [0.15, 0.2) is 0 Å². The second kappa shape index (κ2) is 11.7. The van der Waals surface area contributed by atoms with Gasteiger partial charge in [0, 0.05) is 49.4 Å². The summed E-state index contributed by atoms with van der Waals surface area (Å²) in [6.45, 7) is 0. The van der Waals surface area contributed by atoms with Crippen LogP contribution >= 0.6 is 22.6 Å². The zero-order valence-corrected chi connectivity index (χ0v) is 21.1. The molecule has 22 heteroatoms. The van der Waals surface area contributed by atoms with Crippen molar-refractivity contribution in [2.45, 2.75) is 104 Å². The minimum atomic E-state index is -7.56. The highest BCUT2D eigenvalue weighted by atomic mass is 127. The molecule has 40 heavy (non-hydrogen) atoms. The van der Waals surface area contributed by atoms with Crippen molar-refractivity contribution in [3.05, 3.63) is 0 Å². The summed E-state index contributed by atoms with van der Waals surface area (Å²) in [6.07, 6.45) is -27.4. The maximum atomic E-state index is 13.7. The van der Waals surface area contributed by atoms with E-state index in [1.807, 2.05) is 0 Å². The lowest BCUT2D eigenvalue weighted by Crippen LogP contribution is -2.61. The van der Waals surface area contributed by atoms with Crippen molar-refractivity contribution in [1.29, 1.82) is 0 Å². The van der Waals surface area contributed by atoms with E-state index >= 15 is 0 Å². The van der Waals surface area contributed by atoms with Crippen molar-refractivity contribution < 1.29 is 92.2 Å². The fourth-order valence-electron chi connectivity index (χ4n) is 2.72. The van der Waals surface area contributed by atoms with Crippen LogP contribution in [-0.2, 0) is 0 Å². The van der Waals surface area contributed by atoms with Gasteiger partial charge in [0.2, 0.25) is 0 Å². The van der Waals surface area contributed by atoms with Crippen LogP contribution in [0.1, 0.15) is 44.9 Å². The molecule has 0 saturated carbocycles. The molecule has 242 valence electrons. The third-order valence-corrected chi connectivity index (χ3v) is 6.02. The molecule has 0 aromatic carbocycles. The van der Waals surface area contributed by atoms with E-state index in [9.17, 15) is 92.2 Å². The average Bonchev–Trinajstić information content (AvgIpc) is 2.74. The standard InChI is InChI=1S/C18H16F21I/c19-9(20,10(21,22)3-4-13(27,28)14(29,30)7-8-40)1-2-11(23,24)12(25,26)5-6-15(31,32)16(33,34)17(35,36)18(37,38)39/h1-8H2. The van der Waals surface area contributed by atoms with E-state index in [0.29, 0.717) is 0 Å². The lowest BCUT2D eigenvalue weighted by Gasteiger charge is -2.35. The Morgan fingerprint density at radius 1 is 0.275 bits per heavy atom. The molecule has 0 heterocycles. The van der Waals surface area contributed by atoms with Gasteiger partial charge in [-0.05, 0) is 0 Å². The topological polar surface area (TPSA) is 0 Å². The average molecular weight is 758 g/mol. The maximum absolute atomic E-state index is 13.7. The summed E-state index contributed by atoms with van der Waals surface area (Å²) in [4.78, 5) is 0. The van der Waals surface area contributed by atoms with Gasteiger partial charge in [0.25, 0.3) is 0 Å². The number of rotatable bonds is 16. The molecule has 0 unspecified atom stereocenters. The molecular formula is C18H16F21I. The normalized spacial score (nSPS) is 16.1. The van der Waals surface area contributed by atoms with Crippen LogP contribution in [-0.4, -0.2) is 63.9 Å². The molecular weight excluding hydrogens is 742 g/mol. The molecule has 0 spiro atoms. The predicted octanol–water partition coefficient (Wildman–Crippen LogP) is 10.4. The third-order valence-electron chi connectivity index (χ3n) is 5.48. The largest absolute Gasteiger partial charge is 0.460 e.